The van der Waals surface area contributed by atoms with Crippen molar-refractivity contribution in [2.45, 2.75) is 26.3 Å². The Morgan fingerprint density at radius 1 is 1.38 bits per heavy atom. The largest absolute Gasteiger partial charge is 0.399 e. The summed E-state index contributed by atoms with van der Waals surface area (Å²) in [4.78, 5) is 11.3. The van der Waals surface area contributed by atoms with Crippen LogP contribution >= 0.6 is 0 Å². The summed E-state index contributed by atoms with van der Waals surface area (Å²) in [6.07, 6.45) is 0.845. The van der Waals surface area contributed by atoms with E-state index in [0.717, 1.165) is 12.1 Å². The quantitative estimate of drug-likeness (QED) is 0.741. The number of anilines is 1. The van der Waals surface area contributed by atoms with Crippen molar-refractivity contribution >= 4 is 11.5 Å². The predicted octanol–water partition coefficient (Wildman–Crippen LogP) is 1.62. The van der Waals surface area contributed by atoms with Gasteiger partial charge in [-0.05, 0) is 38.1 Å². The third-order valence-corrected chi connectivity index (χ3v) is 3.05. The maximum absolute atomic E-state index is 11.3. The first kappa shape index (κ1) is 12.7. The molecule has 1 aromatic carbocycles. The van der Waals surface area contributed by atoms with Gasteiger partial charge in [-0.15, -0.1) is 0 Å². The van der Waals surface area contributed by atoms with Gasteiger partial charge in [-0.3, -0.25) is 4.79 Å². The van der Waals surface area contributed by atoms with E-state index in [0.29, 0.717) is 0 Å². The second-order valence-corrected chi connectivity index (χ2v) is 4.24. The molecule has 0 fully saturated rings. The monoisotopic (exact) mass is 220 g/mol. The molecule has 0 aliphatic rings. The third-order valence-electron chi connectivity index (χ3n) is 3.05. The Kier molecular flexibility index (Phi) is 4.50. The zero-order valence-corrected chi connectivity index (χ0v) is 10.2. The van der Waals surface area contributed by atoms with Crippen molar-refractivity contribution in [3.05, 3.63) is 29.8 Å². The Labute approximate surface area is 97.0 Å². The molecule has 0 radical (unpaired) electrons. The number of nitrogen functional groups attached to an aromatic ring is 1. The molecule has 3 N–H and O–H groups in total. The summed E-state index contributed by atoms with van der Waals surface area (Å²) in [6.45, 7) is 3.60. The molecule has 0 aliphatic carbocycles. The number of ketones is 1. The first-order chi connectivity index (χ1) is 7.54. The Morgan fingerprint density at radius 2 is 1.94 bits per heavy atom. The fraction of sp³-hybridized carbons (Fsp3) is 0.462. The number of carbonyl (C=O) groups excluding carboxylic acids is 1. The minimum Gasteiger partial charge on any atom is -0.399 e. The highest BCUT2D eigenvalue weighted by molar-refractivity contribution is 5.78. The lowest BCUT2D eigenvalue weighted by Gasteiger charge is -2.21. The summed E-state index contributed by atoms with van der Waals surface area (Å²) in [5, 5.41) is 3.19. The maximum Gasteiger partial charge on any atom is 0.134 e. The van der Waals surface area contributed by atoms with Crippen LogP contribution in [0.25, 0.3) is 0 Å². The molecule has 2 unspecified atom stereocenters. The van der Waals surface area contributed by atoms with Gasteiger partial charge in [0.25, 0.3) is 0 Å². The van der Waals surface area contributed by atoms with E-state index >= 15 is 0 Å². The minimum atomic E-state index is 0.0301. The molecule has 2 atom stereocenters. The highest BCUT2D eigenvalue weighted by atomic mass is 16.1. The highest BCUT2D eigenvalue weighted by Gasteiger charge is 2.19. The molecule has 1 rings (SSSR count). The average Bonchev–Trinajstić information content (AvgIpc) is 2.27. The van der Waals surface area contributed by atoms with Crippen molar-refractivity contribution in [1.82, 2.24) is 5.32 Å². The number of carbonyl (C=O) groups is 1. The summed E-state index contributed by atoms with van der Waals surface area (Å²) < 4.78 is 0. The zero-order valence-electron chi connectivity index (χ0n) is 10.2. The predicted molar refractivity (Wildman–Crippen MR) is 67.3 cm³/mol. The number of Topliss-reactive ketones (excluding diaryl/α,β-unsaturated/α-hetero) is 1. The molecule has 0 heterocycles. The Hall–Kier alpha value is -1.35. The van der Waals surface area contributed by atoms with Gasteiger partial charge in [0.1, 0.15) is 5.78 Å². The zero-order chi connectivity index (χ0) is 12.1. The van der Waals surface area contributed by atoms with Crippen LogP contribution in [0.15, 0.2) is 24.3 Å². The first-order valence-corrected chi connectivity index (χ1v) is 5.56. The first-order valence-electron chi connectivity index (χ1n) is 5.56. The van der Waals surface area contributed by atoms with Crippen molar-refractivity contribution in [3.63, 3.8) is 0 Å². The van der Waals surface area contributed by atoms with Crippen LogP contribution in [0.3, 0.4) is 0 Å². The molecule has 3 heteroatoms. The van der Waals surface area contributed by atoms with Crippen LogP contribution in [0.2, 0.25) is 0 Å². The maximum atomic E-state index is 11.3. The van der Waals surface area contributed by atoms with Crippen LogP contribution in [0.1, 0.15) is 19.4 Å². The van der Waals surface area contributed by atoms with Gasteiger partial charge in [-0.2, -0.15) is 0 Å². The smallest absolute Gasteiger partial charge is 0.134 e. The highest BCUT2D eigenvalue weighted by Crippen LogP contribution is 2.13. The van der Waals surface area contributed by atoms with Crippen molar-refractivity contribution in [2.24, 2.45) is 5.92 Å². The molecule has 16 heavy (non-hydrogen) atoms. The molecular formula is C13H20N2O. The van der Waals surface area contributed by atoms with Crippen LogP contribution in [0, 0.1) is 5.92 Å². The van der Waals surface area contributed by atoms with E-state index in [2.05, 4.69) is 5.32 Å². The van der Waals surface area contributed by atoms with E-state index in [1.54, 1.807) is 6.92 Å². The van der Waals surface area contributed by atoms with Crippen molar-refractivity contribution in [3.8, 4) is 0 Å². The van der Waals surface area contributed by atoms with E-state index < -0.39 is 0 Å². The number of nitrogens with two attached hydrogens (primary N) is 1. The summed E-state index contributed by atoms with van der Waals surface area (Å²) >= 11 is 0. The van der Waals surface area contributed by atoms with Crippen LogP contribution in [0.5, 0.6) is 0 Å². The van der Waals surface area contributed by atoms with Crippen LogP contribution in [-0.4, -0.2) is 18.9 Å². The summed E-state index contributed by atoms with van der Waals surface area (Å²) in [5.74, 6) is 0.248. The lowest BCUT2D eigenvalue weighted by Crippen LogP contribution is -2.37. The molecular weight excluding hydrogens is 200 g/mol. The molecule has 0 bridgehead atoms. The van der Waals surface area contributed by atoms with Crippen molar-refractivity contribution in [2.75, 3.05) is 12.8 Å². The fourth-order valence-corrected chi connectivity index (χ4v) is 1.72. The van der Waals surface area contributed by atoms with Gasteiger partial charge in [0, 0.05) is 17.6 Å². The fourth-order valence-electron chi connectivity index (χ4n) is 1.72. The van der Waals surface area contributed by atoms with Gasteiger partial charge in [0.05, 0.1) is 0 Å². The second-order valence-electron chi connectivity index (χ2n) is 4.24. The topological polar surface area (TPSA) is 55.1 Å². The lowest BCUT2D eigenvalue weighted by atomic mass is 9.92. The molecule has 0 aliphatic heterocycles. The lowest BCUT2D eigenvalue weighted by molar-refractivity contribution is -0.121. The number of likely N-dealkylation sites (N-methyl/N-ethyl adjacent to an activating group) is 1. The molecule has 0 saturated carbocycles. The summed E-state index contributed by atoms with van der Waals surface area (Å²) in [7, 11) is 1.89. The number of hydrogen-bond acceptors (Lipinski definition) is 3. The normalized spacial score (nSPS) is 14.4. The minimum absolute atomic E-state index is 0.0301. The molecule has 1 aromatic rings. The number of hydrogen-bond donors (Lipinski definition) is 2. The Morgan fingerprint density at radius 3 is 2.38 bits per heavy atom. The SMILES string of the molecule is CNC(Cc1ccc(N)cc1)C(C)C(C)=O. The Bertz CT molecular complexity index is 345. The second kappa shape index (κ2) is 5.66. The number of nitrogens with one attached hydrogen (secondary N) is 1. The number of benzene rings is 1. The van der Waals surface area contributed by atoms with Crippen LogP contribution in [0.4, 0.5) is 5.69 Å². The standard InChI is InChI=1S/C13H20N2O/c1-9(10(2)16)13(15-3)8-11-4-6-12(14)7-5-11/h4-7,9,13,15H,8,14H2,1-3H3. The van der Waals surface area contributed by atoms with Crippen molar-refractivity contribution in [1.29, 1.82) is 0 Å². The average molecular weight is 220 g/mol. The van der Waals surface area contributed by atoms with Gasteiger partial charge in [0.15, 0.2) is 0 Å². The molecule has 0 saturated heterocycles. The van der Waals surface area contributed by atoms with E-state index in [4.69, 9.17) is 5.73 Å². The van der Waals surface area contributed by atoms with Gasteiger partial charge >= 0.3 is 0 Å². The van der Waals surface area contributed by atoms with E-state index in [1.807, 2.05) is 38.2 Å². The Balaban J connectivity index is 2.70. The molecule has 88 valence electrons. The third kappa shape index (κ3) is 3.35. The van der Waals surface area contributed by atoms with Gasteiger partial charge in [-0.1, -0.05) is 19.1 Å². The van der Waals surface area contributed by atoms with Crippen LogP contribution in [-0.2, 0) is 11.2 Å². The number of rotatable bonds is 5. The van der Waals surface area contributed by atoms with Crippen LogP contribution < -0.4 is 11.1 Å². The molecule has 3 nitrogen and oxygen atoms in total. The van der Waals surface area contributed by atoms with E-state index in [-0.39, 0.29) is 17.7 Å². The van der Waals surface area contributed by atoms with Gasteiger partial charge in [-0.25, -0.2) is 0 Å². The van der Waals surface area contributed by atoms with Crippen molar-refractivity contribution < 1.29 is 4.79 Å². The summed E-state index contributed by atoms with van der Waals surface area (Å²) in [5.41, 5.74) is 7.59. The van der Waals surface area contributed by atoms with E-state index in [9.17, 15) is 4.79 Å². The molecule has 0 aromatic heterocycles. The van der Waals surface area contributed by atoms with E-state index in [1.165, 1.54) is 5.56 Å². The van der Waals surface area contributed by atoms with Gasteiger partial charge < -0.3 is 11.1 Å². The molecule has 0 spiro atoms. The molecule has 0 amide bonds. The van der Waals surface area contributed by atoms with Gasteiger partial charge in [0.2, 0.25) is 0 Å². The summed E-state index contributed by atoms with van der Waals surface area (Å²) in [6, 6.07) is 7.97.